The molecule has 0 spiro atoms. The predicted octanol–water partition coefficient (Wildman–Crippen LogP) is 3.72. The fourth-order valence-corrected chi connectivity index (χ4v) is 2.63. The van der Waals surface area contributed by atoms with Gasteiger partial charge in [0.1, 0.15) is 5.75 Å². The van der Waals surface area contributed by atoms with Crippen LogP contribution in [0.3, 0.4) is 0 Å². The molecule has 0 aromatic heterocycles. The monoisotopic (exact) mass is 293 g/mol. The number of aliphatic hydroxyl groups excluding tert-OH is 1. The largest absolute Gasteiger partial charge is 0.493 e. The fraction of sp³-hybridized carbons (Fsp3) is 0.667. The van der Waals surface area contributed by atoms with Crippen molar-refractivity contribution in [1.29, 1.82) is 0 Å². The molecular formula is C18H31NO2. The number of hydrogen-bond acceptors (Lipinski definition) is 3. The molecule has 3 heteroatoms. The van der Waals surface area contributed by atoms with Crippen molar-refractivity contribution < 1.29 is 9.84 Å². The minimum absolute atomic E-state index is 0.147. The van der Waals surface area contributed by atoms with Crippen molar-refractivity contribution in [3.63, 3.8) is 0 Å². The molecule has 1 aromatic carbocycles. The molecule has 2 N–H and O–H groups in total. The smallest absolute Gasteiger partial charge is 0.122 e. The fourth-order valence-electron chi connectivity index (χ4n) is 2.63. The molecule has 1 aromatic rings. The Kier molecular flexibility index (Phi) is 7.20. The van der Waals surface area contributed by atoms with Crippen molar-refractivity contribution in [2.24, 2.45) is 0 Å². The zero-order valence-corrected chi connectivity index (χ0v) is 14.1. The highest BCUT2D eigenvalue weighted by Crippen LogP contribution is 2.26. The minimum Gasteiger partial charge on any atom is -0.493 e. The first-order valence-corrected chi connectivity index (χ1v) is 7.98. The Labute approximate surface area is 129 Å². The molecule has 0 saturated carbocycles. The number of nitrogens with one attached hydrogen (secondary N) is 1. The molecular weight excluding hydrogens is 262 g/mol. The van der Waals surface area contributed by atoms with Gasteiger partial charge in [-0.25, -0.2) is 0 Å². The zero-order chi connectivity index (χ0) is 15.9. The molecule has 0 heterocycles. The lowest BCUT2D eigenvalue weighted by Gasteiger charge is -2.31. The molecule has 0 aliphatic carbocycles. The van der Waals surface area contributed by atoms with Gasteiger partial charge in [0, 0.05) is 11.6 Å². The van der Waals surface area contributed by atoms with Crippen LogP contribution in [0.25, 0.3) is 0 Å². The summed E-state index contributed by atoms with van der Waals surface area (Å²) in [7, 11) is 0. The Bertz CT molecular complexity index is 417. The normalized spacial score (nSPS) is 14.5. The van der Waals surface area contributed by atoms with Crippen LogP contribution in [0.1, 0.15) is 58.9 Å². The van der Waals surface area contributed by atoms with Crippen LogP contribution in [0, 0.1) is 0 Å². The van der Waals surface area contributed by atoms with Crippen LogP contribution in [-0.2, 0) is 0 Å². The molecule has 3 nitrogen and oxygen atoms in total. The quantitative estimate of drug-likeness (QED) is 0.682. The van der Waals surface area contributed by atoms with Crippen molar-refractivity contribution in [2.75, 3.05) is 13.2 Å². The molecule has 21 heavy (non-hydrogen) atoms. The molecule has 1 unspecified atom stereocenters. The second-order valence-electron chi connectivity index (χ2n) is 6.66. The van der Waals surface area contributed by atoms with Crippen LogP contribution >= 0.6 is 0 Å². The lowest BCUT2D eigenvalue weighted by molar-refractivity contribution is 0.147. The Hall–Kier alpha value is -1.06. The van der Waals surface area contributed by atoms with E-state index in [0.29, 0.717) is 18.6 Å². The van der Waals surface area contributed by atoms with Crippen molar-refractivity contribution in [1.82, 2.24) is 5.32 Å². The maximum atomic E-state index is 9.56. The van der Waals surface area contributed by atoms with E-state index in [4.69, 9.17) is 4.74 Å². The first kappa shape index (κ1) is 18.0. The van der Waals surface area contributed by atoms with Gasteiger partial charge >= 0.3 is 0 Å². The van der Waals surface area contributed by atoms with Crippen LogP contribution in [0.2, 0.25) is 0 Å². The van der Waals surface area contributed by atoms with Crippen molar-refractivity contribution in [2.45, 2.75) is 65.0 Å². The van der Waals surface area contributed by atoms with Gasteiger partial charge in [-0.05, 0) is 37.3 Å². The van der Waals surface area contributed by atoms with Crippen LogP contribution < -0.4 is 10.1 Å². The Morgan fingerprint density at radius 2 is 1.86 bits per heavy atom. The number of benzene rings is 1. The summed E-state index contributed by atoms with van der Waals surface area (Å²) >= 11 is 0. The van der Waals surface area contributed by atoms with E-state index >= 15 is 0 Å². The molecule has 0 bridgehead atoms. The molecule has 0 amide bonds. The van der Waals surface area contributed by atoms with Gasteiger partial charge in [0.25, 0.3) is 0 Å². The van der Waals surface area contributed by atoms with Crippen LogP contribution in [0.15, 0.2) is 24.3 Å². The highest BCUT2D eigenvalue weighted by molar-refractivity contribution is 5.35. The Morgan fingerprint density at radius 3 is 2.43 bits per heavy atom. The second kappa shape index (κ2) is 8.40. The molecule has 1 atom stereocenters. The van der Waals surface area contributed by atoms with Gasteiger partial charge in [0.2, 0.25) is 0 Å². The molecule has 120 valence electrons. The molecule has 0 fully saturated rings. The van der Waals surface area contributed by atoms with E-state index in [9.17, 15) is 5.11 Å². The maximum absolute atomic E-state index is 9.56. The molecule has 0 saturated heterocycles. The lowest BCUT2D eigenvalue weighted by atomic mass is 9.96. The van der Waals surface area contributed by atoms with Crippen molar-refractivity contribution in [3.8, 4) is 5.75 Å². The van der Waals surface area contributed by atoms with E-state index in [-0.39, 0.29) is 12.1 Å². The van der Waals surface area contributed by atoms with Crippen molar-refractivity contribution >= 4 is 0 Å². The van der Waals surface area contributed by atoms with Gasteiger partial charge in [0.15, 0.2) is 0 Å². The van der Waals surface area contributed by atoms with Crippen LogP contribution in [0.5, 0.6) is 5.75 Å². The van der Waals surface area contributed by atoms with Crippen LogP contribution in [-0.4, -0.2) is 29.9 Å². The summed E-state index contributed by atoms with van der Waals surface area (Å²) in [6.45, 7) is 11.4. The number of aliphatic hydroxyl groups is 1. The van der Waals surface area contributed by atoms with Gasteiger partial charge in [-0.1, -0.05) is 45.9 Å². The highest BCUT2D eigenvalue weighted by atomic mass is 16.5. The summed E-state index contributed by atoms with van der Waals surface area (Å²) in [5, 5.41) is 13.0. The number of rotatable bonds is 9. The van der Waals surface area contributed by atoms with E-state index < -0.39 is 0 Å². The van der Waals surface area contributed by atoms with Gasteiger partial charge < -0.3 is 15.2 Å². The minimum atomic E-state index is -0.227. The van der Waals surface area contributed by atoms with Gasteiger partial charge in [-0.2, -0.15) is 0 Å². The molecule has 1 rings (SSSR count). The molecule has 0 radical (unpaired) electrons. The SMILES string of the molecule is CC(C)NC(C)(CO)CCCOc1ccccc1C(C)C. The van der Waals surface area contributed by atoms with Crippen LogP contribution in [0.4, 0.5) is 0 Å². The average molecular weight is 293 g/mol. The summed E-state index contributed by atoms with van der Waals surface area (Å²) in [4.78, 5) is 0. The van der Waals surface area contributed by atoms with Gasteiger partial charge in [-0.15, -0.1) is 0 Å². The number of ether oxygens (including phenoxy) is 1. The van der Waals surface area contributed by atoms with Crippen molar-refractivity contribution in [3.05, 3.63) is 29.8 Å². The van der Waals surface area contributed by atoms with E-state index in [0.717, 1.165) is 18.6 Å². The molecule has 0 aliphatic heterocycles. The van der Waals surface area contributed by atoms with Gasteiger partial charge in [-0.3, -0.25) is 0 Å². The average Bonchev–Trinajstić information content (AvgIpc) is 2.43. The lowest BCUT2D eigenvalue weighted by Crippen LogP contribution is -2.49. The third kappa shape index (κ3) is 6.06. The Morgan fingerprint density at radius 1 is 1.19 bits per heavy atom. The Balaban J connectivity index is 2.47. The topological polar surface area (TPSA) is 41.5 Å². The summed E-state index contributed by atoms with van der Waals surface area (Å²) in [6.07, 6.45) is 1.81. The summed E-state index contributed by atoms with van der Waals surface area (Å²) in [5.41, 5.74) is 1.03. The number of hydrogen-bond donors (Lipinski definition) is 2. The highest BCUT2D eigenvalue weighted by Gasteiger charge is 2.23. The second-order valence-corrected chi connectivity index (χ2v) is 6.66. The third-order valence-electron chi connectivity index (χ3n) is 3.66. The van der Waals surface area contributed by atoms with E-state index in [2.05, 4.69) is 52.1 Å². The maximum Gasteiger partial charge on any atom is 0.122 e. The van der Waals surface area contributed by atoms with E-state index in [1.165, 1.54) is 5.56 Å². The summed E-state index contributed by atoms with van der Waals surface area (Å²) in [6, 6.07) is 8.59. The standard InChI is InChI=1S/C18H31NO2/c1-14(2)16-9-6-7-10-17(16)21-12-8-11-18(5,13-20)19-15(3)4/h6-7,9-10,14-15,19-20H,8,11-13H2,1-5H3. The first-order chi connectivity index (χ1) is 9.88. The summed E-state index contributed by atoms with van der Waals surface area (Å²) in [5.74, 6) is 1.45. The van der Waals surface area contributed by atoms with E-state index in [1.54, 1.807) is 0 Å². The van der Waals surface area contributed by atoms with Gasteiger partial charge in [0.05, 0.1) is 13.2 Å². The number of para-hydroxylation sites is 1. The summed E-state index contributed by atoms with van der Waals surface area (Å²) < 4.78 is 5.93. The predicted molar refractivity (Wildman–Crippen MR) is 89.0 cm³/mol. The third-order valence-corrected chi connectivity index (χ3v) is 3.66. The first-order valence-electron chi connectivity index (χ1n) is 7.98. The van der Waals surface area contributed by atoms with E-state index in [1.807, 2.05) is 12.1 Å². The molecule has 0 aliphatic rings. The zero-order valence-electron chi connectivity index (χ0n) is 14.1.